The molecule has 2 aliphatic heterocycles. The number of fused-ring (bicyclic) bond motifs is 1. The van der Waals surface area contributed by atoms with Gasteiger partial charge < -0.3 is 14.2 Å². The highest BCUT2D eigenvalue weighted by atomic mass is 35.5. The van der Waals surface area contributed by atoms with Crippen molar-refractivity contribution >= 4 is 40.9 Å². The maximum atomic E-state index is 16.3. The summed E-state index contributed by atoms with van der Waals surface area (Å²) in [7, 11) is 0. The van der Waals surface area contributed by atoms with Gasteiger partial charge in [-0.3, -0.25) is 19.3 Å². The maximum absolute atomic E-state index is 16.3. The molecular formula is C31H28Cl2FNO6. The number of rotatable bonds is 9. The van der Waals surface area contributed by atoms with Crippen LogP contribution in [-0.4, -0.2) is 48.5 Å². The molecule has 3 atom stereocenters. The van der Waals surface area contributed by atoms with Gasteiger partial charge in [-0.2, -0.15) is 0 Å². The number of ether oxygens (including phenoxy) is 3. The number of amides is 1. The van der Waals surface area contributed by atoms with Crippen molar-refractivity contribution in [2.75, 3.05) is 19.8 Å². The summed E-state index contributed by atoms with van der Waals surface area (Å²) in [6.45, 7) is 3.77. The van der Waals surface area contributed by atoms with Crippen LogP contribution in [0.15, 0.2) is 60.7 Å². The summed E-state index contributed by atoms with van der Waals surface area (Å²) in [6, 6.07) is 14.8. The molecule has 0 saturated carbocycles. The number of hydrogen-bond donors (Lipinski definition) is 0. The Kier molecular flexibility index (Phi) is 8.47. The first-order chi connectivity index (χ1) is 19.6. The van der Waals surface area contributed by atoms with Crippen molar-refractivity contribution in [2.45, 2.75) is 44.6 Å². The number of halogens is 3. The first-order valence-corrected chi connectivity index (χ1v) is 14.0. The molecule has 7 nitrogen and oxygen atoms in total. The van der Waals surface area contributed by atoms with E-state index in [1.165, 1.54) is 17.9 Å². The van der Waals surface area contributed by atoms with Crippen molar-refractivity contribution < 1.29 is 33.0 Å². The van der Waals surface area contributed by atoms with Crippen molar-refractivity contribution in [3.63, 3.8) is 0 Å². The lowest BCUT2D eigenvalue weighted by Crippen LogP contribution is -2.51. The highest BCUT2D eigenvalue weighted by molar-refractivity contribution is 6.30. The second-order valence-electron chi connectivity index (χ2n) is 9.94. The van der Waals surface area contributed by atoms with Crippen molar-refractivity contribution in [1.29, 1.82) is 0 Å². The molecule has 2 aliphatic rings. The molecule has 2 heterocycles. The van der Waals surface area contributed by atoms with E-state index in [0.717, 1.165) is 6.07 Å². The fourth-order valence-corrected chi connectivity index (χ4v) is 5.74. The number of nitrogens with zero attached hydrogens (tertiary/aromatic N) is 1. The Morgan fingerprint density at radius 3 is 2.34 bits per heavy atom. The molecule has 1 saturated heterocycles. The highest BCUT2D eigenvalue weighted by Gasteiger charge is 2.58. The Balaban J connectivity index is 1.82. The van der Waals surface area contributed by atoms with E-state index in [4.69, 9.17) is 37.4 Å². The van der Waals surface area contributed by atoms with Gasteiger partial charge in [-0.1, -0.05) is 47.5 Å². The summed E-state index contributed by atoms with van der Waals surface area (Å²) in [5, 5.41) is 0.887. The van der Waals surface area contributed by atoms with Crippen LogP contribution >= 0.6 is 23.2 Å². The molecule has 3 aromatic rings. The molecule has 214 valence electrons. The summed E-state index contributed by atoms with van der Waals surface area (Å²) >= 11 is 12.4. The number of ketones is 1. The zero-order valence-corrected chi connectivity index (χ0v) is 24.0. The van der Waals surface area contributed by atoms with E-state index in [2.05, 4.69) is 0 Å². The average Bonchev–Trinajstić information content (AvgIpc) is 3.53. The smallest absolute Gasteiger partial charge is 0.308 e. The van der Waals surface area contributed by atoms with Gasteiger partial charge in [0.25, 0.3) is 5.91 Å². The Bertz CT molecular complexity index is 1470. The number of esters is 1. The number of hydrogen-bond acceptors (Lipinski definition) is 6. The largest absolute Gasteiger partial charge is 0.466 e. The minimum Gasteiger partial charge on any atom is -0.466 e. The molecule has 0 radical (unpaired) electrons. The third-order valence-corrected chi connectivity index (χ3v) is 7.82. The van der Waals surface area contributed by atoms with Crippen LogP contribution in [-0.2, 0) is 24.7 Å². The molecular weight excluding hydrogens is 572 g/mol. The molecule has 41 heavy (non-hydrogen) atoms. The SMILES string of the molecule is CCOC(=O)C[C@@H](c1ccc(Cl)cc1)N1C(=O)c2cc(C(C)=O)cc(F)c2[C@]1(O[C@H]1CCOC1)c1ccc(Cl)cc1. The van der Waals surface area contributed by atoms with Crippen molar-refractivity contribution in [3.8, 4) is 0 Å². The van der Waals surface area contributed by atoms with E-state index in [0.29, 0.717) is 34.2 Å². The Morgan fingerprint density at radius 2 is 1.76 bits per heavy atom. The van der Waals surface area contributed by atoms with Gasteiger partial charge in [0.15, 0.2) is 5.78 Å². The van der Waals surface area contributed by atoms with Gasteiger partial charge in [0.1, 0.15) is 5.82 Å². The average molecular weight is 600 g/mol. The van der Waals surface area contributed by atoms with Crippen LogP contribution in [0.2, 0.25) is 10.0 Å². The lowest BCUT2D eigenvalue weighted by atomic mass is 9.89. The van der Waals surface area contributed by atoms with E-state index in [1.54, 1.807) is 55.5 Å². The fraction of sp³-hybridized carbons (Fsp3) is 0.323. The number of carbonyl (C=O) groups excluding carboxylic acids is 3. The molecule has 1 amide bonds. The third kappa shape index (κ3) is 5.49. The minimum absolute atomic E-state index is 0.0353. The molecule has 0 unspecified atom stereocenters. The van der Waals surface area contributed by atoms with Gasteiger partial charge in [-0.05, 0) is 62.2 Å². The predicted molar refractivity (Wildman–Crippen MR) is 151 cm³/mol. The lowest BCUT2D eigenvalue weighted by Gasteiger charge is -2.44. The van der Waals surface area contributed by atoms with E-state index < -0.39 is 41.3 Å². The fourth-order valence-electron chi connectivity index (χ4n) is 5.49. The molecule has 0 spiro atoms. The molecule has 0 aliphatic carbocycles. The van der Waals surface area contributed by atoms with Crippen molar-refractivity contribution in [3.05, 3.63) is 104 Å². The first kappa shape index (κ1) is 29.2. The summed E-state index contributed by atoms with van der Waals surface area (Å²) in [6.07, 6.45) is -0.258. The standard InChI is InChI=1S/C31H28Cl2FNO6/c1-3-40-28(37)16-27(19-4-8-22(32)9-5-19)35-30(38)25-14-20(18(2)36)15-26(34)29(25)31(35,41-24-12-13-39-17-24)21-6-10-23(33)11-7-21/h4-11,14-15,24,27H,3,12-13,16-17H2,1-2H3/t24-,27-,31+/m0/s1. The van der Waals surface area contributed by atoms with Crippen LogP contribution in [0.4, 0.5) is 4.39 Å². The zero-order chi connectivity index (χ0) is 29.3. The van der Waals surface area contributed by atoms with Crippen molar-refractivity contribution in [2.24, 2.45) is 0 Å². The summed E-state index contributed by atoms with van der Waals surface area (Å²) in [5.41, 5.74) is -0.917. The third-order valence-electron chi connectivity index (χ3n) is 7.32. The Labute approximate surface area is 247 Å². The van der Waals surface area contributed by atoms with Gasteiger partial charge in [0.2, 0.25) is 5.72 Å². The molecule has 1 fully saturated rings. The highest BCUT2D eigenvalue weighted by Crippen LogP contribution is 2.52. The Morgan fingerprint density at radius 1 is 1.10 bits per heavy atom. The number of carbonyl (C=O) groups is 3. The second-order valence-corrected chi connectivity index (χ2v) is 10.8. The number of Topliss-reactive ketones (excluding diaryl/α,β-unsaturated/α-hetero) is 1. The molecule has 10 heteroatoms. The molecule has 0 aromatic heterocycles. The first-order valence-electron chi connectivity index (χ1n) is 13.3. The topological polar surface area (TPSA) is 82.1 Å². The normalized spacial score (nSPS) is 20.7. The maximum Gasteiger partial charge on any atom is 0.308 e. The van der Waals surface area contributed by atoms with Crippen LogP contribution in [0, 0.1) is 5.82 Å². The van der Waals surface area contributed by atoms with Crippen LogP contribution < -0.4 is 0 Å². The molecule has 3 aromatic carbocycles. The molecule has 0 bridgehead atoms. The lowest BCUT2D eigenvalue weighted by molar-refractivity contribution is -0.164. The summed E-state index contributed by atoms with van der Waals surface area (Å²) < 4.78 is 34.0. The van der Waals surface area contributed by atoms with Gasteiger partial charge >= 0.3 is 5.97 Å². The Hall–Kier alpha value is -3.30. The van der Waals surface area contributed by atoms with Crippen molar-refractivity contribution in [1.82, 2.24) is 4.90 Å². The van der Waals surface area contributed by atoms with Gasteiger partial charge in [0, 0.05) is 27.8 Å². The van der Waals surface area contributed by atoms with Gasteiger partial charge in [0.05, 0.1) is 42.9 Å². The van der Waals surface area contributed by atoms with E-state index >= 15 is 4.39 Å². The van der Waals surface area contributed by atoms with E-state index in [-0.39, 0.29) is 36.3 Å². The zero-order valence-electron chi connectivity index (χ0n) is 22.5. The van der Waals surface area contributed by atoms with Gasteiger partial charge in [-0.25, -0.2) is 4.39 Å². The summed E-state index contributed by atoms with van der Waals surface area (Å²) in [5.74, 6) is -2.36. The molecule has 5 rings (SSSR count). The molecule has 0 N–H and O–H groups in total. The minimum atomic E-state index is -1.84. The van der Waals surface area contributed by atoms with Crippen LogP contribution in [0.5, 0.6) is 0 Å². The second kappa shape index (κ2) is 11.9. The van der Waals surface area contributed by atoms with Gasteiger partial charge in [-0.15, -0.1) is 0 Å². The number of benzene rings is 3. The van der Waals surface area contributed by atoms with E-state index in [1.807, 2.05) is 0 Å². The van der Waals surface area contributed by atoms with Crippen LogP contribution in [0.1, 0.15) is 70.1 Å². The summed E-state index contributed by atoms with van der Waals surface area (Å²) in [4.78, 5) is 41.2. The van der Waals surface area contributed by atoms with Crippen LogP contribution in [0.25, 0.3) is 0 Å². The predicted octanol–water partition coefficient (Wildman–Crippen LogP) is 6.49. The van der Waals surface area contributed by atoms with Crippen LogP contribution in [0.3, 0.4) is 0 Å². The monoisotopic (exact) mass is 599 g/mol. The quantitative estimate of drug-likeness (QED) is 0.206. The van der Waals surface area contributed by atoms with E-state index in [9.17, 15) is 14.4 Å².